The Hall–Kier alpha value is -4.97. The molecule has 1 fully saturated rings. The van der Waals surface area contributed by atoms with Gasteiger partial charge in [0, 0.05) is 17.8 Å². The van der Waals surface area contributed by atoms with Crippen LogP contribution < -0.4 is 26.6 Å². The van der Waals surface area contributed by atoms with Crippen molar-refractivity contribution in [3.63, 3.8) is 0 Å². The standard InChI is InChI=1S/C41H47N5O5S/c1-41(2)37(39(51)44-32(23-28-15-7-3-8-16-28)33(47)25-34(48)42-26-30-19-11-5-12-20-30)46-40(52-41)36(38(50)43-27-31-21-13-6-14-22-31)45-35(49)24-29-17-9-4-10-18-29/h3-22,32-33,36-37,40,46-47H,23-27H2,1-2H3,(H,42,48)(H,43,50)(H,44,51)(H,45,49)/t32-,33-,36?,37+,40-/m1/s1. The summed E-state index contributed by atoms with van der Waals surface area (Å²) >= 11 is 1.39. The number of carbonyl (C=O) groups is 4. The molecule has 0 aromatic heterocycles. The molecule has 272 valence electrons. The first-order chi connectivity index (χ1) is 25.1. The fourth-order valence-corrected chi connectivity index (χ4v) is 7.65. The van der Waals surface area contributed by atoms with Gasteiger partial charge in [-0.05, 0) is 42.5 Å². The lowest BCUT2D eigenvalue weighted by Gasteiger charge is -2.29. The number of hydrogen-bond donors (Lipinski definition) is 6. The number of aliphatic hydroxyl groups excluding tert-OH is 1. The molecule has 4 aromatic carbocycles. The van der Waals surface area contributed by atoms with Crippen LogP contribution in [-0.4, -0.2) is 63.1 Å². The van der Waals surface area contributed by atoms with Gasteiger partial charge in [0.2, 0.25) is 23.6 Å². The van der Waals surface area contributed by atoms with Gasteiger partial charge in [-0.2, -0.15) is 0 Å². The minimum Gasteiger partial charge on any atom is -0.390 e. The number of nitrogens with one attached hydrogen (secondary N) is 5. The lowest BCUT2D eigenvalue weighted by molar-refractivity contribution is -0.129. The first-order valence-electron chi connectivity index (χ1n) is 17.5. The number of aliphatic hydroxyl groups is 1. The van der Waals surface area contributed by atoms with Crippen LogP contribution in [0.15, 0.2) is 121 Å². The van der Waals surface area contributed by atoms with E-state index in [1.807, 2.05) is 135 Å². The van der Waals surface area contributed by atoms with Gasteiger partial charge < -0.3 is 26.4 Å². The number of rotatable bonds is 16. The average Bonchev–Trinajstić information content (AvgIpc) is 3.47. The molecular weight excluding hydrogens is 675 g/mol. The molecule has 1 saturated heterocycles. The summed E-state index contributed by atoms with van der Waals surface area (Å²) in [6.45, 7) is 4.40. The molecule has 0 spiro atoms. The van der Waals surface area contributed by atoms with Gasteiger partial charge in [0.15, 0.2) is 0 Å². The van der Waals surface area contributed by atoms with Crippen LogP contribution in [-0.2, 0) is 45.1 Å². The van der Waals surface area contributed by atoms with Crippen molar-refractivity contribution < 1.29 is 24.3 Å². The molecule has 6 N–H and O–H groups in total. The Labute approximate surface area is 309 Å². The third kappa shape index (κ3) is 11.3. The Morgan fingerprint density at radius 2 is 1.19 bits per heavy atom. The van der Waals surface area contributed by atoms with Gasteiger partial charge in [0.05, 0.1) is 30.4 Å². The summed E-state index contributed by atoms with van der Waals surface area (Å²) in [5.74, 6) is -1.43. The summed E-state index contributed by atoms with van der Waals surface area (Å²) in [4.78, 5) is 54.0. The summed E-state index contributed by atoms with van der Waals surface area (Å²) < 4.78 is -0.716. The van der Waals surface area contributed by atoms with E-state index in [0.717, 1.165) is 22.3 Å². The molecule has 11 heteroatoms. The quantitative estimate of drug-likeness (QED) is 0.104. The van der Waals surface area contributed by atoms with E-state index < -0.39 is 34.4 Å². The fraction of sp³-hybridized carbons (Fsp3) is 0.317. The molecule has 10 nitrogen and oxygen atoms in total. The van der Waals surface area contributed by atoms with E-state index in [9.17, 15) is 24.3 Å². The zero-order chi connectivity index (χ0) is 36.9. The fourth-order valence-electron chi connectivity index (χ4n) is 6.15. The van der Waals surface area contributed by atoms with E-state index in [2.05, 4.69) is 26.6 Å². The molecule has 1 unspecified atom stereocenters. The molecule has 52 heavy (non-hydrogen) atoms. The Morgan fingerprint density at radius 3 is 1.75 bits per heavy atom. The Bertz CT molecular complexity index is 1760. The topological polar surface area (TPSA) is 149 Å². The maximum atomic E-state index is 14.1. The third-order valence-electron chi connectivity index (χ3n) is 8.96. The molecule has 0 bridgehead atoms. The van der Waals surface area contributed by atoms with E-state index in [1.54, 1.807) is 0 Å². The second-order valence-corrected chi connectivity index (χ2v) is 15.3. The van der Waals surface area contributed by atoms with Crippen LogP contribution in [0.25, 0.3) is 0 Å². The second-order valence-electron chi connectivity index (χ2n) is 13.5. The van der Waals surface area contributed by atoms with E-state index in [-0.39, 0.29) is 43.0 Å². The summed E-state index contributed by atoms with van der Waals surface area (Å²) in [6.07, 6.45) is -1.00. The summed E-state index contributed by atoms with van der Waals surface area (Å²) in [5, 5.41) is 25.8. The second kappa shape index (κ2) is 18.5. The molecule has 1 heterocycles. The zero-order valence-corrected chi connectivity index (χ0v) is 30.3. The van der Waals surface area contributed by atoms with Crippen molar-refractivity contribution in [2.24, 2.45) is 0 Å². The highest BCUT2D eigenvalue weighted by Gasteiger charge is 2.49. The Kier molecular flexibility index (Phi) is 13.6. The van der Waals surface area contributed by atoms with Crippen molar-refractivity contribution in [3.05, 3.63) is 144 Å². The first-order valence-corrected chi connectivity index (χ1v) is 18.4. The molecule has 4 aromatic rings. The summed E-state index contributed by atoms with van der Waals surface area (Å²) in [7, 11) is 0. The third-order valence-corrected chi connectivity index (χ3v) is 10.5. The molecule has 5 atom stereocenters. The molecule has 0 radical (unpaired) electrons. The van der Waals surface area contributed by atoms with Crippen LogP contribution in [0.3, 0.4) is 0 Å². The van der Waals surface area contributed by atoms with Crippen molar-refractivity contribution in [1.82, 2.24) is 26.6 Å². The first kappa shape index (κ1) is 38.3. The predicted molar refractivity (Wildman–Crippen MR) is 204 cm³/mol. The molecule has 1 aliphatic rings. The highest BCUT2D eigenvalue weighted by molar-refractivity contribution is 8.01. The number of thioether (sulfide) groups is 1. The Morgan fingerprint density at radius 1 is 0.692 bits per heavy atom. The van der Waals surface area contributed by atoms with Crippen molar-refractivity contribution in [1.29, 1.82) is 0 Å². The van der Waals surface area contributed by atoms with E-state index >= 15 is 0 Å². The zero-order valence-electron chi connectivity index (χ0n) is 29.5. The minimum atomic E-state index is -1.18. The molecule has 4 amide bonds. The number of benzene rings is 4. The molecule has 5 rings (SSSR count). The van der Waals surface area contributed by atoms with Crippen LogP contribution in [0.1, 0.15) is 42.5 Å². The van der Waals surface area contributed by atoms with E-state index in [0.29, 0.717) is 13.0 Å². The van der Waals surface area contributed by atoms with Crippen LogP contribution in [0.4, 0.5) is 0 Å². The lowest BCUT2D eigenvalue weighted by atomic mass is 9.96. The van der Waals surface area contributed by atoms with Gasteiger partial charge >= 0.3 is 0 Å². The Balaban J connectivity index is 1.29. The normalized spacial score (nSPS) is 18.0. The summed E-state index contributed by atoms with van der Waals surface area (Å²) in [6, 6.07) is 35.1. The van der Waals surface area contributed by atoms with Gasteiger partial charge in [0.25, 0.3) is 0 Å². The minimum absolute atomic E-state index is 0.0893. The monoisotopic (exact) mass is 721 g/mol. The maximum Gasteiger partial charge on any atom is 0.245 e. The highest BCUT2D eigenvalue weighted by Crippen LogP contribution is 2.39. The number of hydrogen-bond acceptors (Lipinski definition) is 7. The van der Waals surface area contributed by atoms with E-state index in [1.165, 1.54) is 11.8 Å². The van der Waals surface area contributed by atoms with Crippen molar-refractivity contribution in [3.8, 4) is 0 Å². The maximum absolute atomic E-state index is 14.1. The summed E-state index contributed by atoms with van der Waals surface area (Å²) in [5.41, 5.74) is 3.54. The molecule has 1 aliphatic heterocycles. The van der Waals surface area contributed by atoms with Crippen molar-refractivity contribution in [2.75, 3.05) is 0 Å². The predicted octanol–water partition coefficient (Wildman–Crippen LogP) is 3.63. The van der Waals surface area contributed by atoms with Crippen LogP contribution >= 0.6 is 11.8 Å². The number of carbonyl (C=O) groups excluding carboxylic acids is 4. The van der Waals surface area contributed by atoms with Gasteiger partial charge in [-0.1, -0.05) is 121 Å². The molecular formula is C41H47N5O5S. The van der Waals surface area contributed by atoms with Gasteiger partial charge in [-0.15, -0.1) is 11.8 Å². The van der Waals surface area contributed by atoms with Gasteiger partial charge in [-0.3, -0.25) is 24.5 Å². The lowest BCUT2D eigenvalue weighted by Crippen LogP contribution is -2.59. The van der Waals surface area contributed by atoms with Crippen LogP contribution in [0, 0.1) is 0 Å². The van der Waals surface area contributed by atoms with Crippen molar-refractivity contribution >= 4 is 35.4 Å². The van der Waals surface area contributed by atoms with E-state index in [4.69, 9.17) is 0 Å². The van der Waals surface area contributed by atoms with Crippen LogP contribution in [0.2, 0.25) is 0 Å². The van der Waals surface area contributed by atoms with Gasteiger partial charge in [0.1, 0.15) is 12.1 Å². The number of amides is 4. The largest absolute Gasteiger partial charge is 0.390 e. The molecule has 0 aliphatic carbocycles. The van der Waals surface area contributed by atoms with Crippen LogP contribution in [0.5, 0.6) is 0 Å². The van der Waals surface area contributed by atoms with Crippen molar-refractivity contribution in [2.45, 2.75) is 80.5 Å². The SMILES string of the molecule is CC1(C)S[C@H](C(NC(=O)Cc2ccccc2)C(=O)NCc2ccccc2)N[C@H]1C(=O)N[C@H](Cc1ccccc1)[C@H](O)CC(=O)NCc1ccccc1. The molecule has 0 saturated carbocycles. The van der Waals surface area contributed by atoms with Gasteiger partial charge in [-0.25, -0.2) is 0 Å². The smallest absolute Gasteiger partial charge is 0.245 e. The average molecular weight is 722 g/mol. The highest BCUT2D eigenvalue weighted by atomic mass is 32.2.